The number of hydrogen-bond donors (Lipinski definition) is 1. The molecule has 0 bridgehead atoms. The molecule has 0 radical (unpaired) electrons. The lowest BCUT2D eigenvalue weighted by Crippen LogP contribution is -1.89. The number of hydrogen-bond acceptors (Lipinski definition) is 3. The maximum atomic E-state index is 6.18. The third-order valence-corrected chi connectivity index (χ3v) is 4.45. The molecule has 0 amide bonds. The highest BCUT2D eigenvalue weighted by Crippen LogP contribution is 2.31. The van der Waals surface area contributed by atoms with Crippen LogP contribution in [0.5, 0.6) is 0 Å². The number of rotatable bonds is 3. The Hall–Kier alpha value is -0.840. The summed E-state index contributed by atoms with van der Waals surface area (Å²) < 4.78 is 1.68. The molecule has 0 spiro atoms. The fourth-order valence-corrected chi connectivity index (χ4v) is 3.18. The van der Waals surface area contributed by atoms with E-state index in [1.165, 1.54) is 0 Å². The average molecular weight is 302 g/mol. The zero-order valence-electron chi connectivity index (χ0n) is 10.1. The summed E-state index contributed by atoms with van der Waals surface area (Å²) in [6, 6.07) is 5.62. The van der Waals surface area contributed by atoms with E-state index in [0.717, 1.165) is 21.9 Å². The largest absolute Gasteiger partial charge is 0.398 e. The zero-order chi connectivity index (χ0) is 13.3. The lowest BCUT2D eigenvalue weighted by atomic mass is 10.3. The first-order valence-electron chi connectivity index (χ1n) is 5.35. The topological polar surface area (TPSA) is 43.8 Å². The van der Waals surface area contributed by atoms with Gasteiger partial charge in [0.15, 0.2) is 0 Å². The molecule has 1 heterocycles. The Bertz CT molecular complexity index is 581. The summed E-state index contributed by atoms with van der Waals surface area (Å²) in [6.45, 7) is 1.96. The van der Waals surface area contributed by atoms with Crippen molar-refractivity contribution in [1.29, 1.82) is 0 Å². The molecule has 0 aliphatic rings. The van der Waals surface area contributed by atoms with Crippen LogP contribution in [0.1, 0.15) is 11.3 Å². The fourth-order valence-electron chi connectivity index (χ4n) is 1.59. The summed E-state index contributed by atoms with van der Waals surface area (Å²) >= 11 is 13.8. The maximum absolute atomic E-state index is 6.18. The summed E-state index contributed by atoms with van der Waals surface area (Å²) in [7, 11) is 1.84. The van der Waals surface area contributed by atoms with E-state index in [4.69, 9.17) is 28.9 Å². The minimum absolute atomic E-state index is 0.578. The van der Waals surface area contributed by atoms with Gasteiger partial charge in [0, 0.05) is 23.3 Å². The molecule has 0 unspecified atom stereocenters. The van der Waals surface area contributed by atoms with E-state index in [1.54, 1.807) is 16.4 Å². The second kappa shape index (κ2) is 5.43. The minimum Gasteiger partial charge on any atom is -0.398 e. The van der Waals surface area contributed by atoms with Gasteiger partial charge in [-0.05, 0) is 25.1 Å². The van der Waals surface area contributed by atoms with Crippen molar-refractivity contribution in [3.05, 3.63) is 39.6 Å². The highest BCUT2D eigenvalue weighted by atomic mass is 35.5. The quantitative estimate of drug-likeness (QED) is 0.690. The van der Waals surface area contributed by atoms with Crippen LogP contribution in [0.2, 0.25) is 10.2 Å². The number of aryl methyl sites for hydroxylation is 2. The molecule has 3 nitrogen and oxygen atoms in total. The molecule has 0 atom stereocenters. The summed E-state index contributed by atoms with van der Waals surface area (Å²) in [4.78, 5) is 1.06. The molecule has 0 fully saturated rings. The van der Waals surface area contributed by atoms with E-state index in [9.17, 15) is 0 Å². The number of nitrogens with zero attached hydrogens (tertiary/aromatic N) is 2. The Labute approximate surface area is 120 Å². The Morgan fingerprint density at radius 1 is 1.39 bits per heavy atom. The summed E-state index contributed by atoms with van der Waals surface area (Å²) in [5.74, 6) is 0.763. The molecule has 2 N–H and O–H groups in total. The molecule has 2 aromatic rings. The lowest BCUT2D eigenvalue weighted by molar-refractivity contribution is 0.757. The molecule has 6 heteroatoms. The van der Waals surface area contributed by atoms with Crippen LogP contribution in [0.4, 0.5) is 5.69 Å². The van der Waals surface area contributed by atoms with Gasteiger partial charge in [0.05, 0.1) is 16.4 Å². The lowest BCUT2D eigenvalue weighted by Gasteiger charge is -2.04. The van der Waals surface area contributed by atoms with Crippen LogP contribution in [0.25, 0.3) is 0 Å². The number of aromatic nitrogens is 2. The Kier molecular flexibility index (Phi) is 4.10. The summed E-state index contributed by atoms with van der Waals surface area (Å²) in [5, 5.41) is 5.54. The van der Waals surface area contributed by atoms with Gasteiger partial charge in [-0.2, -0.15) is 5.10 Å². The van der Waals surface area contributed by atoms with E-state index >= 15 is 0 Å². The van der Waals surface area contributed by atoms with Gasteiger partial charge in [-0.1, -0.05) is 23.2 Å². The van der Waals surface area contributed by atoms with Crippen molar-refractivity contribution in [2.24, 2.45) is 7.05 Å². The van der Waals surface area contributed by atoms with Crippen molar-refractivity contribution in [1.82, 2.24) is 9.78 Å². The molecule has 2 rings (SSSR count). The summed E-state index contributed by atoms with van der Waals surface area (Å²) in [6.07, 6.45) is 0. The molecular weight excluding hydrogens is 289 g/mol. The number of nitrogen functional groups attached to an aromatic ring is 1. The van der Waals surface area contributed by atoms with Crippen molar-refractivity contribution in [2.45, 2.75) is 17.6 Å². The van der Waals surface area contributed by atoms with Crippen LogP contribution in [-0.2, 0) is 12.8 Å². The predicted octanol–water partition coefficient (Wildman–Crippen LogP) is 3.91. The van der Waals surface area contributed by atoms with Crippen LogP contribution in [0.3, 0.4) is 0 Å². The molecular formula is C12H13Cl2N3S. The van der Waals surface area contributed by atoms with Gasteiger partial charge in [-0.3, -0.25) is 4.68 Å². The van der Waals surface area contributed by atoms with Crippen molar-refractivity contribution in [3.8, 4) is 0 Å². The fraction of sp³-hybridized carbons (Fsp3) is 0.250. The standard InChI is InChI=1S/C12H13Cl2N3S/c1-7-9(12(14)17(2)16-7)6-18-8-3-4-11(15)10(13)5-8/h3-5H,6,15H2,1-2H3. The highest BCUT2D eigenvalue weighted by Gasteiger charge is 2.11. The number of anilines is 1. The first-order chi connectivity index (χ1) is 8.49. The van der Waals surface area contributed by atoms with Gasteiger partial charge in [0.25, 0.3) is 0 Å². The molecule has 0 saturated heterocycles. The van der Waals surface area contributed by atoms with E-state index in [0.29, 0.717) is 15.9 Å². The van der Waals surface area contributed by atoms with Gasteiger partial charge in [-0.25, -0.2) is 0 Å². The van der Waals surface area contributed by atoms with Crippen molar-refractivity contribution in [2.75, 3.05) is 5.73 Å². The van der Waals surface area contributed by atoms with Crippen LogP contribution < -0.4 is 5.73 Å². The van der Waals surface area contributed by atoms with Crippen LogP contribution >= 0.6 is 35.0 Å². The third-order valence-electron chi connectivity index (χ3n) is 2.62. The Morgan fingerprint density at radius 2 is 2.11 bits per heavy atom. The smallest absolute Gasteiger partial charge is 0.131 e. The predicted molar refractivity (Wildman–Crippen MR) is 78.4 cm³/mol. The first-order valence-corrected chi connectivity index (χ1v) is 7.09. The molecule has 0 aliphatic carbocycles. The van der Waals surface area contributed by atoms with E-state index < -0.39 is 0 Å². The van der Waals surface area contributed by atoms with Gasteiger partial charge >= 0.3 is 0 Å². The first kappa shape index (κ1) is 13.6. The van der Waals surface area contributed by atoms with Gasteiger partial charge in [0.1, 0.15) is 5.15 Å². The van der Waals surface area contributed by atoms with Crippen molar-refractivity contribution < 1.29 is 0 Å². The van der Waals surface area contributed by atoms with E-state index in [-0.39, 0.29) is 0 Å². The van der Waals surface area contributed by atoms with Crippen LogP contribution in [0.15, 0.2) is 23.1 Å². The van der Waals surface area contributed by atoms with E-state index in [1.807, 2.05) is 32.2 Å². The summed E-state index contributed by atoms with van der Waals surface area (Å²) in [5.41, 5.74) is 8.27. The zero-order valence-corrected chi connectivity index (χ0v) is 12.4. The Balaban J connectivity index is 2.14. The molecule has 96 valence electrons. The molecule has 1 aromatic carbocycles. The second-order valence-corrected chi connectivity index (χ2v) is 5.76. The second-order valence-electron chi connectivity index (χ2n) is 3.95. The van der Waals surface area contributed by atoms with Crippen LogP contribution in [0, 0.1) is 6.92 Å². The minimum atomic E-state index is 0.578. The highest BCUT2D eigenvalue weighted by molar-refractivity contribution is 7.98. The van der Waals surface area contributed by atoms with Gasteiger partial charge in [-0.15, -0.1) is 11.8 Å². The third kappa shape index (κ3) is 2.76. The van der Waals surface area contributed by atoms with Gasteiger partial charge in [0.2, 0.25) is 0 Å². The monoisotopic (exact) mass is 301 g/mol. The van der Waals surface area contributed by atoms with Crippen molar-refractivity contribution in [3.63, 3.8) is 0 Å². The van der Waals surface area contributed by atoms with Gasteiger partial charge < -0.3 is 5.73 Å². The molecule has 1 aromatic heterocycles. The van der Waals surface area contributed by atoms with E-state index in [2.05, 4.69) is 5.10 Å². The Morgan fingerprint density at radius 3 is 2.67 bits per heavy atom. The van der Waals surface area contributed by atoms with Crippen molar-refractivity contribution >= 4 is 40.7 Å². The van der Waals surface area contributed by atoms with Crippen LogP contribution in [-0.4, -0.2) is 9.78 Å². The normalized spacial score (nSPS) is 10.9. The average Bonchev–Trinajstić information content (AvgIpc) is 2.56. The number of benzene rings is 1. The SMILES string of the molecule is Cc1nn(C)c(Cl)c1CSc1ccc(N)c(Cl)c1. The number of halogens is 2. The molecule has 0 saturated carbocycles. The molecule has 18 heavy (non-hydrogen) atoms. The number of nitrogens with two attached hydrogens (primary N) is 1. The number of thioether (sulfide) groups is 1. The molecule has 0 aliphatic heterocycles. The maximum Gasteiger partial charge on any atom is 0.131 e.